The summed E-state index contributed by atoms with van der Waals surface area (Å²) in [6, 6.07) is 11.2. The molecule has 0 atom stereocenters. The van der Waals surface area contributed by atoms with Crippen LogP contribution in [0.3, 0.4) is 0 Å². The van der Waals surface area contributed by atoms with Crippen molar-refractivity contribution in [1.29, 1.82) is 0 Å². The van der Waals surface area contributed by atoms with Crippen molar-refractivity contribution in [1.82, 2.24) is 0 Å². The Labute approximate surface area is 138 Å². The minimum Gasteiger partial charge on any atom is -0.507 e. The van der Waals surface area contributed by atoms with Crippen LogP contribution in [0.25, 0.3) is 0 Å². The quantitative estimate of drug-likeness (QED) is 0.757. The molecule has 2 nitrogen and oxygen atoms in total. The number of nitrogens with one attached hydrogen (secondary N) is 1. The lowest BCUT2D eigenvalue weighted by Crippen LogP contribution is -2.01. The SMILES string of the molecule is C#Cc1cccc(NCc2cc(Cl)cc(CC)c2O)c1.CC. The molecule has 2 aromatic rings. The number of halogens is 1. The van der Waals surface area contributed by atoms with Gasteiger partial charge >= 0.3 is 0 Å². The molecule has 22 heavy (non-hydrogen) atoms. The maximum atomic E-state index is 10.2. The number of aromatic hydroxyl groups is 1. The van der Waals surface area contributed by atoms with Gasteiger partial charge in [-0.3, -0.25) is 0 Å². The zero-order valence-electron chi connectivity index (χ0n) is 13.3. The van der Waals surface area contributed by atoms with Gasteiger partial charge in [-0.15, -0.1) is 6.42 Å². The average Bonchev–Trinajstić information content (AvgIpc) is 2.57. The molecule has 2 rings (SSSR count). The van der Waals surface area contributed by atoms with Gasteiger partial charge in [-0.2, -0.15) is 0 Å². The summed E-state index contributed by atoms with van der Waals surface area (Å²) in [7, 11) is 0. The van der Waals surface area contributed by atoms with E-state index in [2.05, 4.69) is 11.2 Å². The zero-order chi connectivity index (χ0) is 16.5. The first-order valence-electron chi connectivity index (χ1n) is 7.45. The average molecular weight is 316 g/mol. The number of anilines is 1. The summed E-state index contributed by atoms with van der Waals surface area (Å²) in [5.74, 6) is 2.90. The first-order chi connectivity index (χ1) is 10.6. The summed E-state index contributed by atoms with van der Waals surface area (Å²) in [5.41, 5.74) is 3.37. The summed E-state index contributed by atoms with van der Waals surface area (Å²) >= 11 is 6.06. The predicted molar refractivity (Wildman–Crippen MR) is 95.5 cm³/mol. The van der Waals surface area contributed by atoms with Crippen molar-refractivity contribution in [3.63, 3.8) is 0 Å². The van der Waals surface area contributed by atoms with Crippen LogP contribution in [0.15, 0.2) is 36.4 Å². The Morgan fingerprint density at radius 1 is 1.18 bits per heavy atom. The van der Waals surface area contributed by atoms with E-state index in [1.807, 2.05) is 45.0 Å². The monoisotopic (exact) mass is 315 g/mol. The molecule has 0 bridgehead atoms. The smallest absolute Gasteiger partial charge is 0.123 e. The van der Waals surface area contributed by atoms with E-state index in [0.717, 1.165) is 28.8 Å². The number of hydrogen-bond donors (Lipinski definition) is 2. The molecular weight excluding hydrogens is 294 g/mol. The van der Waals surface area contributed by atoms with Crippen LogP contribution in [0.1, 0.15) is 37.5 Å². The van der Waals surface area contributed by atoms with Crippen molar-refractivity contribution in [2.24, 2.45) is 0 Å². The fourth-order valence-corrected chi connectivity index (χ4v) is 2.30. The van der Waals surface area contributed by atoms with Crippen LogP contribution >= 0.6 is 11.6 Å². The molecule has 2 aromatic carbocycles. The number of terminal acetylenes is 1. The number of phenolic OH excluding ortho intramolecular Hbond substituents is 1. The molecule has 0 radical (unpaired) electrons. The van der Waals surface area contributed by atoms with E-state index < -0.39 is 0 Å². The van der Waals surface area contributed by atoms with Crippen LogP contribution in [0, 0.1) is 12.3 Å². The van der Waals surface area contributed by atoms with Gasteiger partial charge in [0.05, 0.1) is 0 Å². The Bertz CT molecular complexity index is 659. The molecule has 0 fully saturated rings. The zero-order valence-corrected chi connectivity index (χ0v) is 14.0. The number of hydrogen-bond acceptors (Lipinski definition) is 2. The first-order valence-corrected chi connectivity index (χ1v) is 7.82. The Morgan fingerprint density at radius 2 is 1.86 bits per heavy atom. The minimum atomic E-state index is 0.303. The van der Waals surface area contributed by atoms with Gasteiger partial charge in [0.15, 0.2) is 0 Å². The maximum Gasteiger partial charge on any atom is 0.123 e. The molecule has 0 spiro atoms. The first kappa shape index (κ1) is 17.9. The highest BCUT2D eigenvalue weighted by atomic mass is 35.5. The molecule has 0 aliphatic heterocycles. The highest BCUT2D eigenvalue weighted by Gasteiger charge is 2.08. The van der Waals surface area contributed by atoms with E-state index >= 15 is 0 Å². The second-order valence-corrected chi connectivity index (χ2v) is 4.94. The van der Waals surface area contributed by atoms with Crippen LogP contribution in [0.4, 0.5) is 5.69 Å². The lowest BCUT2D eigenvalue weighted by molar-refractivity contribution is 0.462. The van der Waals surface area contributed by atoms with Gasteiger partial charge < -0.3 is 10.4 Å². The molecule has 3 heteroatoms. The van der Waals surface area contributed by atoms with Crippen molar-refractivity contribution in [2.75, 3.05) is 5.32 Å². The number of aryl methyl sites for hydroxylation is 1. The highest BCUT2D eigenvalue weighted by molar-refractivity contribution is 6.30. The van der Waals surface area contributed by atoms with E-state index in [1.54, 1.807) is 12.1 Å². The maximum absolute atomic E-state index is 10.2. The van der Waals surface area contributed by atoms with Crippen LogP contribution in [0.2, 0.25) is 5.02 Å². The molecule has 0 heterocycles. The highest BCUT2D eigenvalue weighted by Crippen LogP contribution is 2.28. The van der Waals surface area contributed by atoms with Crippen LogP contribution in [-0.4, -0.2) is 5.11 Å². The fraction of sp³-hybridized carbons (Fsp3) is 0.263. The molecule has 0 aliphatic carbocycles. The van der Waals surface area contributed by atoms with Crippen LogP contribution < -0.4 is 5.32 Å². The molecule has 0 saturated carbocycles. The Balaban J connectivity index is 0.00000116. The lowest BCUT2D eigenvalue weighted by atomic mass is 10.1. The van der Waals surface area contributed by atoms with E-state index in [0.29, 0.717) is 17.3 Å². The Morgan fingerprint density at radius 3 is 2.50 bits per heavy atom. The second-order valence-electron chi connectivity index (χ2n) is 4.50. The number of phenols is 1. The molecule has 0 amide bonds. The molecule has 0 unspecified atom stereocenters. The van der Waals surface area contributed by atoms with Crippen LogP contribution in [-0.2, 0) is 13.0 Å². The topological polar surface area (TPSA) is 32.3 Å². The van der Waals surface area contributed by atoms with Gasteiger partial charge in [-0.05, 0) is 42.3 Å². The summed E-state index contributed by atoms with van der Waals surface area (Å²) in [6.45, 7) is 6.48. The van der Waals surface area contributed by atoms with Crippen molar-refractivity contribution < 1.29 is 5.11 Å². The summed E-state index contributed by atoms with van der Waals surface area (Å²) in [5, 5.41) is 14.0. The van der Waals surface area contributed by atoms with E-state index in [-0.39, 0.29) is 0 Å². The largest absolute Gasteiger partial charge is 0.507 e. The molecular formula is C19H22ClNO. The summed E-state index contributed by atoms with van der Waals surface area (Å²) < 4.78 is 0. The third-order valence-corrected chi connectivity index (χ3v) is 3.34. The fourth-order valence-electron chi connectivity index (χ4n) is 2.04. The van der Waals surface area contributed by atoms with E-state index in [4.69, 9.17) is 18.0 Å². The van der Waals surface area contributed by atoms with Crippen LogP contribution in [0.5, 0.6) is 5.75 Å². The molecule has 0 aromatic heterocycles. The summed E-state index contributed by atoms with van der Waals surface area (Å²) in [6.07, 6.45) is 6.11. The molecule has 116 valence electrons. The van der Waals surface area contributed by atoms with Gasteiger partial charge in [0, 0.05) is 28.4 Å². The van der Waals surface area contributed by atoms with Crippen molar-refractivity contribution in [3.05, 3.63) is 58.1 Å². The van der Waals surface area contributed by atoms with Gasteiger partial charge in [0.2, 0.25) is 0 Å². The molecule has 0 aliphatic rings. The predicted octanol–water partition coefficient (Wildman–Crippen LogP) is 5.23. The Hall–Kier alpha value is -2.11. The molecule has 2 N–H and O–H groups in total. The third-order valence-electron chi connectivity index (χ3n) is 3.13. The van der Waals surface area contributed by atoms with Crippen molar-refractivity contribution in [3.8, 4) is 18.1 Å². The number of rotatable bonds is 4. The van der Waals surface area contributed by atoms with Gasteiger partial charge in [0.1, 0.15) is 5.75 Å². The molecule has 0 saturated heterocycles. The van der Waals surface area contributed by atoms with E-state index in [9.17, 15) is 5.11 Å². The second kappa shape index (κ2) is 9.02. The minimum absolute atomic E-state index is 0.303. The normalized spacial score (nSPS) is 9.41. The third kappa shape index (κ3) is 4.72. The van der Waals surface area contributed by atoms with Gasteiger partial charge in [-0.25, -0.2) is 0 Å². The van der Waals surface area contributed by atoms with Gasteiger partial charge in [-0.1, -0.05) is 44.4 Å². The number of benzene rings is 2. The lowest BCUT2D eigenvalue weighted by Gasteiger charge is -2.12. The standard InChI is InChI=1S/C17H16ClNO.C2H6/c1-3-12-6-5-7-16(8-12)19-11-14-10-15(18)9-13(4-2)17(14)20;1-2/h1,5-10,19-20H,4,11H2,2H3;1-2H3. The Kier molecular flexibility index (Phi) is 7.36. The van der Waals surface area contributed by atoms with E-state index in [1.165, 1.54) is 0 Å². The van der Waals surface area contributed by atoms with Crippen molar-refractivity contribution >= 4 is 17.3 Å². The van der Waals surface area contributed by atoms with Crippen molar-refractivity contribution in [2.45, 2.75) is 33.7 Å². The van der Waals surface area contributed by atoms with Gasteiger partial charge in [0.25, 0.3) is 0 Å². The summed E-state index contributed by atoms with van der Waals surface area (Å²) in [4.78, 5) is 0.